The molecule has 1 amide bonds. The molecule has 0 fully saturated rings. The average Bonchev–Trinajstić information content (AvgIpc) is 3.04. The van der Waals surface area contributed by atoms with Crippen molar-refractivity contribution >= 4 is 5.91 Å². The molecule has 1 aromatic carbocycles. The van der Waals surface area contributed by atoms with Gasteiger partial charge in [0.1, 0.15) is 17.8 Å². The molecule has 0 radical (unpaired) electrons. The van der Waals surface area contributed by atoms with Crippen LogP contribution in [-0.2, 0) is 12.7 Å². The topological polar surface area (TPSA) is 91.1 Å². The first-order chi connectivity index (χ1) is 12.3. The third-order valence-corrected chi connectivity index (χ3v) is 3.64. The van der Waals surface area contributed by atoms with Gasteiger partial charge in [-0.1, -0.05) is 30.3 Å². The molecular formula is C17H12F3N3O3. The molecule has 3 aromatic rings. The fourth-order valence-electron chi connectivity index (χ4n) is 2.42. The molecule has 0 unspecified atom stereocenters. The lowest BCUT2D eigenvalue weighted by atomic mass is 10.2. The summed E-state index contributed by atoms with van der Waals surface area (Å²) in [6.07, 6.45) is -3.45. The van der Waals surface area contributed by atoms with Gasteiger partial charge in [0.2, 0.25) is 5.89 Å². The molecule has 0 atom stereocenters. The van der Waals surface area contributed by atoms with Gasteiger partial charge in [-0.15, -0.1) is 0 Å². The zero-order valence-corrected chi connectivity index (χ0v) is 13.2. The largest absolute Gasteiger partial charge is 0.439 e. The highest BCUT2D eigenvalue weighted by molar-refractivity contribution is 5.92. The summed E-state index contributed by atoms with van der Waals surface area (Å²) in [5.41, 5.74) is 2.79. The standard InChI is InChI=1S/C17H12F3N3O3/c18-17(19,20)13-7-6-11(15(21)24)16(25)23(13)9-14-22-8-12(26-14)10-4-2-1-3-5-10/h1-8H,9H2,(H2,21,24). The molecule has 0 aliphatic carbocycles. The van der Waals surface area contributed by atoms with Crippen molar-refractivity contribution in [2.45, 2.75) is 12.7 Å². The van der Waals surface area contributed by atoms with Crippen LogP contribution in [0.4, 0.5) is 13.2 Å². The molecule has 2 aromatic heterocycles. The van der Waals surface area contributed by atoms with Gasteiger partial charge in [-0.3, -0.25) is 14.2 Å². The van der Waals surface area contributed by atoms with E-state index in [0.717, 1.165) is 6.07 Å². The molecule has 2 heterocycles. The number of hydrogen-bond donors (Lipinski definition) is 1. The molecule has 26 heavy (non-hydrogen) atoms. The molecule has 9 heteroatoms. The normalized spacial score (nSPS) is 11.5. The van der Waals surface area contributed by atoms with E-state index in [4.69, 9.17) is 10.2 Å². The Kier molecular flexibility index (Phi) is 4.37. The Balaban J connectivity index is 2.04. The fraction of sp³-hybridized carbons (Fsp3) is 0.118. The van der Waals surface area contributed by atoms with Gasteiger partial charge < -0.3 is 10.2 Å². The van der Waals surface area contributed by atoms with E-state index in [-0.39, 0.29) is 5.89 Å². The van der Waals surface area contributed by atoms with Gasteiger partial charge in [0.05, 0.1) is 6.20 Å². The number of primary amides is 1. The fourth-order valence-corrected chi connectivity index (χ4v) is 2.42. The summed E-state index contributed by atoms with van der Waals surface area (Å²) in [5.74, 6) is -0.888. The second kappa shape index (κ2) is 6.51. The number of rotatable bonds is 4. The van der Waals surface area contributed by atoms with Crippen molar-refractivity contribution in [1.29, 1.82) is 0 Å². The minimum Gasteiger partial charge on any atom is -0.439 e. The third-order valence-electron chi connectivity index (χ3n) is 3.64. The molecule has 134 valence electrons. The quantitative estimate of drug-likeness (QED) is 0.771. The average molecular weight is 363 g/mol. The summed E-state index contributed by atoms with van der Waals surface area (Å²) in [5, 5.41) is 0. The van der Waals surface area contributed by atoms with Crippen molar-refractivity contribution in [2.75, 3.05) is 0 Å². The molecule has 6 nitrogen and oxygen atoms in total. The first kappa shape index (κ1) is 17.5. The number of nitrogens with two attached hydrogens (primary N) is 1. The zero-order valence-electron chi connectivity index (χ0n) is 13.2. The summed E-state index contributed by atoms with van der Waals surface area (Å²) < 4.78 is 45.4. The van der Waals surface area contributed by atoms with E-state index in [1.807, 2.05) is 0 Å². The predicted octanol–water partition coefficient (Wildman–Crippen LogP) is 2.67. The Hall–Kier alpha value is -3.36. The van der Waals surface area contributed by atoms with E-state index < -0.39 is 35.4 Å². The number of halogens is 3. The SMILES string of the molecule is NC(=O)c1ccc(C(F)(F)F)n(Cc2ncc(-c3ccccc3)o2)c1=O. The zero-order chi connectivity index (χ0) is 18.9. The van der Waals surface area contributed by atoms with E-state index in [2.05, 4.69) is 4.98 Å². The van der Waals surface area contributed by atoms with Crippen LogP contribution in [0.2, 0.25) is 0 Å². The smallest absolute Gasteiger partial charge is 0.431 e. The molecule has 0 saturated carbocycles. The highest BCUT2D eigenvalue weighted by atomic mass is 19.4. The number of benzene rings is 1. The van der Waals surface area contributed by atoms with E-state index in [1.165, 1.54) is 6.20 Å². The Morgan fingerprint density at radius 3 is 2.46 bits per heavy atom. The maximum Gasteiger partial charge on any atom is 0.431 e. The lowest BCUT2D eigenvalue weighted by Crippen LogP contribution is -2.34. The number of carbonyl (C=O) groups excluding carboxylic acids is 1. The van der Waals surface area contributed by atoms with Crippen LogP contribution in [0.1, 0.15) is 21.9 Å². The van der Waals surface area contributed by atoms with Crippen LogP contribution in [-0.4, -0.2) is 15.5 Å². The Morgan fingerprint density at radius 1 is 1.15 bits per heavy atom. The summed E-state index contributed by atoms with van der Waals surface area (Å²) in [6, 6.07) is 10.2. The van der Waals surface area contributed by atoms with Crippen LogP contribution in [0.3, 0.4) is 0 Å². The first-order valence-electron chi connectivity index (χ1n) is 7.38. The van der Waals surface area contributed by atoms with Gasteiger partial charge in [0, 0.05) is 5.56 Å². The maximum atomic E-state index is 13.2. The molecular weight excluding hydrogens is 351 g/mol. The number of pyridine rings is 1. The summed E-state index contributed by atoms with van der Waals surface area (Å²) in [4.78, 5) is 27.4. The van der Waals surface area contributed by atoms with Crippen molar-refractivity contribution in [1.82, 2.24) is 9.55 Å². The Bertz CT molecular complexity index is 1010. The van der Waals surface area contributed by atoms with Gasteiger partial charge >= 0.3 is 6.18 Å². The molecule has 0 bridgehead atoms. The van der Waals surface area contributed by atoms with Crippen molar-refractivity contribution in [3.8, 4) is 11.3 Å². The van der Waals surface area contributed by atoms with Gasteiger partial charge in [-0.2, -0.15) is 13.2 Å². The van der Waals surface area contributed by atoms with Gasteiger partial charge in [-0.05, 0) is 12.1 Å². The minimum absolute atomic E-state index is 0.113. The van der Waals surface area contributed by atoms with Gasteiger partial charge in [-0.25, -0.2) is 4.98 Å². The van der Waals surface area contributed by atoms with Crippen molar-refractivity contribution in [3.05, 3.63) is 76.2 Å². The number of aromatic nitrogens is 2. The number of hydrogen-bond acceptors (Lipinski definition) is 4. The second-order valence-corrected chi connectivity index (χ2v) is 5.37. The Labute approximate surface area is 144 Å². The predicted molar refractivity (Wildman–Crippen MR) is 85.3 cm³/mol. The second-order valence-electron chi connectivity index (χ2n) is 5.37. The van der Waals surface area contributed by atoms with Crippen molar-refractivity contribution < 1.29 is 22.4 Å². The number of nitrogens with zero attached hydrogens (tertiary/aromatic N) is 2. The third kappa shape index (κ3) is 3.37. The molecule has 0 aliphatic rings. The molecule has 0 saturated heterocycles. The number of carbonyl (C=O) groups is 1. The van der Waals surface area contributed by atoms with Crippen LogP contribution in [0.25, 0.3) is 11.3 Å². The van der Waals surface area contributed by atoms with E-state index in [1.54, 1.807) is 30.3 Å². The Morgan fingerprint density at radius 2 is 1.85 bits per heavy atom. The van der Waals surface area contributed by atoms with E-state index >= 15 is 0 Å². The number of amides is 1. The summed E-state index contributed by atoms with van der Waals surface area (Å²) in [7, 11) is 0. The van der Waals surface area contributed by atoms with Crippen molar-refractivity contribution in [2.24, 2.45) is 5.73 Å². The lowest BCUT2D eigenvalue weighted by molar-refractivity contribution is -0.144. The van der Waals surface area contributed by atoms with Gasteiger partial charge in [0.15, 0.2) is 5.76 Å². The lowest BCUT2D eigenvalue weighted by Gasteiger charge is -2.14. The van der Waals surface area contributed by atoms with Crippen LogP contribution < -0.4 is 11.3 Å². The van der Waals surface area contributed by atoms with Crippen LogP contribution in [0.15, 0.2) is 57.9 Å². The number of alkyl halides is 3. The summed E-state index contributed by atoms with van der Waals surface area (Å²) in [6.45, 7) is -0.596. The first-order valence-corrected chi connectivity index (χ1v) is 7.38. The van der Waals surface area contributed by atoms with Crippen LogP contribution >= 0.6 is 0 Å². The minimum atomic E-state index is -4.80. The monoisotopic (exact) mass is 363 g/mol. The van der Waals surface area contributed by atoms with Crippen LogP contribution in [0, 0.1) is 0 Å². The number of oxazole rings is 1. The molecule has 2 N–H and O–H groups in total. The van der Waals surface area contributed by atoms with Gasteiger partial charge in [0.25, 0.3) is 11.5 Å². The van der Waals surface area contributed by atoms with E-state index in [9.17, 15) is 22.8 Å². The molecule has 0 spiro atoms. The highest BCUT2D eigenvalue weighted by Crippen LogP contribution is 2.29. The summed E-state index contributed by atoms with van der Waals surface area (Å²) >= 11 is 0. The highest BCUT2D eigenvalue weighted by Gasteiger charge is 2.35. The molecule has 3 rings (SSSR count). The van der Waals surface area contributed by atoms with Crippen LogP contribution in [0.5, 0.6) is 0 Å². The van der Waals surface area contributed by atoms with E-state index in [0.29, 0.717) is 22.0 Å². The van der Waals surface area contributed by atoms with Crippen molar-refractivity contribution in [3.63, 3.8) is 0 Å². The molecule has 0 aliphatic heterocycles. The maximum absolute atomic E-state index is 13.2.